The molecule has 0 aliphatic rings. The Morgan fingerprint density at radius 2 is 1.55 bits per heavy atom. The fourth-order valence-electron chi connectivity index (χ4n) is 2.65. The van der Waals surface area contributed by atoms with Gasteiger partial charge in [-0.15, -0.1) is 0 Å². The lowest BCUT2D eigenvalue weighted by Crippen LogP contribution is -1.74. The van der Waals surface area contributed by atoms with Crippen molar-refractivity contribution >= 4 is 21.7 Å². The molecule has 0 N–H and O–H groups in total. The first kappa shape index (κ1) is 11.3. The van der Waals surface area contributed by atoms with Crippen molar-refractivity contribution in [2.45, 2.75) is 6.92 Å². The van der Waals surface area contributed by atoms with Crippen molar-refractivity contribution in [3.05, 3.63) is 72.3 Å². The third-order valence-electron chi connectivity index (χ3n) is 3.76. The van der Waals surface area contributed by atoms with Crippen LogP contribution in [0.3, 0.4) is 0 Å². The molecule has 4 aromatic rings. The van der Waals surface area contributed by atoms with Gasteiger partial charge in [0.1, 0.15) is 11.3 Å². The number of rotatable bonds is 1. The second-order valence-corrected chi connectivity index (χ2v) is 5.18. The van der Waals surface area contributed by atoms with Crippen LogP contribution in [0.25, 0.3) is 33.1 Å². The topological polar surface area (TPSA) is 13.1 Å². The second-order valence-electron chi connectivity index (χ2n) is 5.18. The summed E-state index contributed by atoms with van der Waals surface area (Å²) < 4.78 is 6.00. The van der Waals surface area contributed by atoms with Crippen LogP contribution in [0.2, 0.25) is 0 Å². The van der Waals surface area contributed by atoms with Gasteiger partial charge in [-0.3, -0.25) is 0 Å². The molecule has 4 rings (SSSR count). The molecular weight excluding hydrogens is 244 g/mol. The monoisotopic (exact) mass is 258 g/mol. The molecule has 1 aromatic heterocycles. The highest BCUT2D eigenvalue weighted by Gasteiger charge is 2.08. The minimum absolute atomic E-state index is 0.927. The zero-order valence-corrected chi connectivity index (χ0v) is 11.3. The molecule has 0 radical (unpaired) electrons. The predicted octanol–water partition coefficient (Wildman–Crippen LogP) is 5.56. The fourth-order valence-corrected chi connectivity index (χ4v) is 2.65. The molecule has 3 aromatic carbocycles. The Kier molecular flexibility index (Phi) is 2.40. The lowest BCUT2D eigenvalue weighted by Gasteiger charge is -1.96. The van der Waals surface area contributed by atoms with E-state index < -0.39 is 0 Å². The van der Waals surface area contributed by atoms with Gasteiger partial charge in [0, 0.05) is 10.9 Å². The predicted molar refractivity (Wildman–Crippen MR) is 83.9 cm³/mol. The third kappa shape index (κ3) is 1.71. The first-order chi connectivity index (χ1) is 9.81. The van der Waals surface area contributed by atoms with Gasteiger partial charge >= 0.3 is 0 Å². The highest BCUT2D eigenvalue weighted by molar-refractivity contribution is 6.06. The van der Waals surface area contributed by atoms with Crippen molar-refractivity contribution in [2.75, 3.05) is 0 Å². The van der Waals surface area contributed by atoms with E-state index in [0.29, 0.717) is 0 Å². The van der Waals surface area contributed by atoms with Crippen molar-refractivity contribution in [2.24, 2.45) is 0 Å². The minimum Gasteiger partial charge on any atom is -0.456 e. The molecule has 1 heterocycles. The van der Waals surface area contributed by atoms with Crippen LogP contribution in [-0.4, -0.2) is 0 Å². The Morgan fingerprint density at radius 3 is 2.40 bits per heavy atom. The van der Waals surface area contributed by atoms with Crippen molar-refractivity contribution in [1.82, 2.24) is 0 Å². The maximum absolute atomic E-state index is 6.00. The van der Waals surface area contributed by atoms with E-state index in [4.69, 9.17) is 4.42 Å². The third-order valence-corrected chi connectivity index (χ3v) is 3.76. The number of furan rings is 1. The molecule has 0 aliphatic heterocycles. The average molecular weight is 258 g/mol. The Hall–Kier alpha value is -2.54. The molecule has 0 bridgehead atoms. The zero-order valence-electron chi connectivity index (χ0n) is 11.3. The van der Waals surface area contributed by atoms with Crippen LogP contribution in [0.4, 0.5) is 0 Å². The van der Waals surface area contributed by atoms with E-state index in [-0.39, 0.29) is 0 Å². The molecule has 96 valence electrons. The van der Waals surface area contributed by atoms with Crippen LogP contribution in [0.15, 0.2) is 71.1 Å². The van der Waals surface area contributed by atoms with Gasteiger partial charge in [0.05, 0.1) is 0 Å². The molecule has 0 fully saturated rings. The van der Waals surface area contributed by atoms with Gasteiger partial charge in [0.25, 0.3) is 0 Å². The van der Waals surface area contributed by atoms with Gasteiger partial charge in [-0.2, -0.15) is 0 Å². The number of hydrogen-bond donors (Lipinski definition) is 0. The summed E-state index contributed by atoms with van der Waals surface area (Å²) in [6.45, 7) is 2.09. The Balaban J connectivity index is 1.98. The first-order valence-electron chi connectivity index (χ1n) is 6.79. The molecule has 0 saturated heterocycles. The number of aryl methyl sites for hydroxylation is 1. The molecule has 0 saturated carbocycles. The van der Waals surface area contributed by atoms with Crippen LogP contribution in [0.1, 0.15) is 5.56 Å². The largest absolute Gasteiger partial charge is 0.456 e. The number of benzene rings is 3. The molecule has 0 amide bonds. The standard InChI is InChI=1S/C19H14O/c1-13-6-8-15(9-7-13)19-12-17-16-5-3-2-4-14(16)10-11-18(17)20-19/h2-12H,1H3. The van der Waals surface area contributed by atoms with Gasteiger partial charge in [0.15, 0.2) is 0 Å². The van der Waals surface area contributed by atoms with Crippen LogP contribution in [0.5, 0.6) is 0 Å². The summed E-state index contributed by atoms with van der Waals surface area (Å²) in [6.07, 6.45) is 0. The van der Waals surface area contributed by atoms with Gasteiger partial charge in [0.2, 0.25) is 0 Å². The minimum atomic E-state index is 0.927. The highest BCUT2D eigenvalue weighted by Crippen LogP contribution is 2.32. The van der Waals surface area contributed by atoms with Gasteiger partial charge < -0.3 is 4.42 Å². The van der Waals surface area contributed by atoms with Crippen LogP contribution in [0, 0.1) is 6.92 Å². The fraction of sp³-hybridized carbons (Fsp3) is 0.0526. The molecular formula is C19H14O. The normalized spacial score (nSPS) is 11.2. The lowest BCUT2D eigenvalue weighted by molar-refractivity contribution is 0.632. The van der Waals surface area contributed by atoms with Crippen molar-refractivity contribution in [3.63, 3.8) is 0 Å². The van der Waals surface area contributed by atoms with E-state index in [1.165, 1.54) is 21.7 Å². The summed E-state index contributed by atoms with van der Waals surface area (Å²) >= 11 is 0. The number of hydrogen-bond acceptors (Lipinski definition) is 1. The summed E-state index contributed by atoms with van der Waals surface area (Å²) in [5.41, 5.74) is 3.32. The van der Waals surface area contributed by atoms with E-state index in [2.05, 4.69) is 73.7 Å². The smallest absolute Gasteiger partial charge is 0.135 e. The van der Waals surface area contributed by atoms with E-state index >= 15 is 0 Å². The van der Waals surface area contributed by atoms with Crippen molar-refractivity contribution in [3.8, 4) is 11.3 Å². The average Bonchev–Trinajstić information content (AvgIpc) is 2.92. The maximum Gasteiger partial charge on any atom is 0.135 e. The van der Waals surface area contributed by atoms with Crippen LogP contribution < -0.4 is 0 Å². The molecule has 20 heavy (non-hydrogen) atoms. The zero-order chi connectivity index (χ0) is 13.5. The van der Waals surface area contributed by atoms with E-state index in [1.54, 1.807) is 0 Å². The molecule has 0 unspecified atom stereocenters. The van der Waals surface area contributed by atoms with E-state index in [1.807, 2.05) is 0 Å². The summed E-state index contributed by atoms with van der Waals surface area (Å²) in [5.74, 6) is 0.927. The van der Waals surface area contributed by atoms with E-state index in [9.17, 15) is 0 Å². The maximum atomic E-state index is 6.00. The quantitative estimate of drug-likeness (QED) is 0.435. The van der Waals surface area contributed by atoms with Gasteiger partial charge in [-0.05, 0) is 29.8 Å². The SMILES string of the molecule is Cc1ccc(-c2cc3c(ccc4ccccc43)o2)cc1. The molecule has 1 heteroatoms. The van der Waals surface area contributed by atoms with Crippen molar-refractivity contribution in [1.29, 1.82) is 0 Å². The Labute approximate surface area is 117 Å². The van der Waals surface area contributed by atoms with Crippen LogP contribution in [-0.2, 0) is 0 Å². The Bertz CT molecular complexity index is 898. The molecule has 1 nitrogen and oxygen atoms in total. The van der Waals surface area contributed by atoms with Crippen molar-refractivity contribution < 1.29 is 4.42 Å². The highest BCUT2D eigenvalue weighted by atomic mass is 16.3. The van der Waals surface area contributed by atoms with E-state index in [0.717, 1.165) is 16.9 Å². The summed E-state index contributed by atoms with van der Waals surface area (Å²) in [6, 6.07) is 23.2. The lowest BCUT2D eigenvalue weighted by atomic mass is 10.1. The summed E-state index contributed by atoms with van der Waals surface area (Å²) in [4.78, 5) is 0. The molecule has 0 spiro atoms. The first-order valence-corrected chi connectivity index (χ1v) is 6.79. The number of fused-ring (bicyclic) bond motifs is 3. The second kappa shape index (κ2) is 4.24. The summed E-state index contributed by atoms with van der Waals surface area (Å²) in [5, 5.41) is 3.67. The summed E-state index contributed by atoms with van der Waals surface area (Å²) in [7, 11) is 0. The Morgan fingerprint density at radius 1 is 0.750 bits per heavy atom. The molecule has 0 atom stereocenters. The van der Waals surface area contributed by atoms with Gasteiger partial charge in [-0.1, -0.05) is 60.2 Å². The van der Waals surface area contributed by atoms with Gasteiger partial charge in [-0.25, -0.2) is 0 Å². The van der Waals surface area contributed by atoms with Crippen LogP contribution >= 0.6 is 0 Å². The molecule has 0 aliphatic carbocycles.